The average Bonchev–Trinajstić information content (AvgIpc) is 3.26. The third kappa shape index (κ3) is 7.48. The van der Waals surface area contributed by atoms with Crippen LogP contribution in [0.1, 0.15) is 65.9 Å². The molecule has 3 aromatic rings. The summed E-state index contributed by atoms with van der Waals surface area (Å²) in [7, 11) is 0. The van der Waals surface area contributed by atoms with E-state index in [9.17, 15) is 0 Å². The molecule has 1 fully saturated rings. The van der Waals surface area contributed by atoms with E-state index in [1.54, 1.807) is 0 Å². The fourth-order valence-corrected chi connectivity index (χ4v) is 5.05. The number of furan rings is 1. The summed E-state index contributed by atoms with van der Waals surface area (Å²) in [6.45, 7) is 14.0. The van der Waals surface area contributed by atoms with E-state index in [0.29, 0.717) is 24.5 Å². The number of nitrogens with zero attached hydrogens (tertiary/aromatic N) is 1. The molecule has 4 rings (SSSR count). The molecule has 2 aromatic carbocycles. The van der Waals surface area contributed by atoms with Crippen molar-refractivity contribution >= 4 is 11.0 Å². The molecule has 0 unspecified atom stereocenters. The van der Waals surface area contributed by atoms with Gasteiger partial charge in [0, 0.05) is 23.4 Å². The monoisotopic (exact) mass is 501 g/mol. The molecule has 1 aliphatic rings. The van der Waals surface area contributed by atoms with Crippen molar-refractivity contribution in [3.05, 3.63) is 60.2 Å². The number of ether oxygens (including phenoxy) is 2. The van der Waals surface area contributed by atoms with Gasteiger partial charge in [-0.15, -0.1) is 0 Å². The number of fused-ring (bicyclic) bond motifs is 1. The Morgan fingerprint density at radius 2 is 1.59 bits per heavy atom. The van der Waals surface area contributed by atoms with Crippen molar-refractivity contribution in [1.29, 1.82) is 0 Å². The van der Waals surface area contributed by atoms with Crippen LogP contribution in [0.2, 0.25) is 0 Å². The minimum Gasteiger partial charge on any atom is -0.455 e. The van der Waals surface area contributed by atoms with Gasteiger partial charge in [0.25, 0.3) is 0 Å². The van der Waals surface area contributed by atoms with Crippen LogP contribution in [0.4, 0.5) is 0 Å². The summed E-state index contributed by atoms with van der Waals surface area (Å²) in [6, 6.07) is 18.7. The topological polar surface area (TPSA) is 34.8 Å². The highest BCUT2D eigenvalue weighted by Gasteiger charge is 2.32. The van der Waals surface area contributed by atoms with Crippen LogP contribution in [-0.4, -0.2) is 43.0 Å². The van der Waals surface area contributed by atoms with Gasteiger partial charge in [-0.05, 0) is 63.2 Å². The van der Waals surface area contributed by atoms with E-state index in [-0.39, 0.29) is 12.4 Å². The van der Waals surface area contributed by atoms with Crippen molar-refractivity contribution in [2.75, 3.05) is 19.7 Å². The van der Waals surface area contributed by atoms with E-state index in [0.717, 1.165) is 53.8 Å². The molecule has 0 amide bonds. The lowest BCUT2D eigenvalue weighted by Crippen LogP contribution is -2.49. The first-order chi connectivity index (χ1) is 17.9. The van der Waals surface area contributed by atoms with Crippen molar-refractivity contribution in [1.82, 2.24) is 4.90 Å². The molecule has 37 heavy (non-hydrogen) atoms. The van der Waals surface area contributed by atoms with Crippen molar-refractivity contribution in [2.45, 2.75) is 78.7 Å². The molecular formula is C33H43NO3. The minimum atomic E-state index is -0.202. The standard InChI is InChI=1S/C33H43NO3/c1-24(2)19-21-34(22-20-25(3)4)30-17-18-32(36-26(30)5)35-23-11-15-29-28-14-9-10-16-31(28)37-33(29)27-12-7-6-8-13-27/h6-10,12-14,16,24-26,30,32H,17-23H2,1-5H3/t26-,30-,32+/m0/s1. The first-order valence-electron chi connectivity index (χ1n) is 14.0. The number of rotatable bonds is 10. The second-order valence-electron chi connectivity index (χ2n) is 11.1. The average molecular weight is 502 g/mol. The highest BCUT2D eigenvalue weighted by Crippen LogP contribution is 2.33. The Hall–Kier alpha value is -2.58. The molecule has 4 nitrogen and oxygen atoms in total. The minimum absolute atomic E-state index is 0.147. The molecule has 2 heterocycles. The summed E-state index contributed by atoms with van der Waals surface area (Å²) in [5, 5.41) is 1.03. The van der Waals surface area contributed by atoms with Crippen molar-refractivity contribution in [2.24, 2.45) is 11.8 Å². The predicted octanol–water partition coefficient (Wildman–Crippen LogP) is 7.76. The van der Waals surface area contributed by atoms with E-state index in [1.165, 1.54) is 12.8 Å². The van der Waals surface area contributed by atoms with Gasteiger partial charge in [0.05, 0.1) is 11.7 Å². The Balaban J connectivity index is 1.37. The van der Waals surface area contributed by atoms with Crippen LogP contribution in [0.25, 0.3) is 22.3 Å². The van der Waals surface area contributed by atoms with E-state index in [2.05, 4.69) is 69.6 Å². The third-order valence-electron chi connectivity index (χ3n) is 7.25. The lowest BCUT2D eigenvalue weighted by Gasteiger charge is -2.41. The van der Waals surface area contributed by atoms with Crippen LogP contribution in [0.15, 0.2) is 59.0 Å². The highest BCUT2D eigenvalue weighted by atomic mass is 16.7. The molecule has 1 saturated heterocycles. The maximum atomic E-state index is 6.34. The Kier molecular flexibility index (Phi) is 9.86. The maximum Gasteiger partial charge on any atom is 0.159 e. The molecule has 1 aliphatic heterocycles. The van der Waals surface area contributed by atoms with Crippen molar-refractivity contribution < 1.29 is 13.9 Å². The molecular weight excluding hydrogens is 458 g/mol. The molecule has 0 spiro atoms. The second kappa shape index (κ2) is 13.3. The van der Waals surface area contributed by atoms with Crippen LogP contribution < -0.4 is 0 Å². The van der Waals surface area contributed by atoms with Gasteiger partial charge in [-0.25, -0.2) is 0 Å². The van der Waals surface area contributed by atoms with Gasteiger partial charge in [-0.1, -0.05) is 82.0 Å². The van der Waals surface area contributed by atoms with E-state index in [4.69, 9.17) is 13.9 Å². The van der Waals surface area contributed by atoms with E-state index >= 15 is 0 Å². The molecule has 0 N–H and O–H groups in total. The van der Waals surface area contributed by atoms with Crippen LogP contribution in [-0.2, 0) is 9.47 Å². The van der Waals surface area contributed by atoms with Gasteiger partial charge in [0.15, 0.2) is 12.1 Å². The Labute approximate surface area is 223 Å². The maximum absolute atomic E-state index is 6.34. The number of hydrogen-bond donors (Lipinski definition) is 0. The second-order valence-corrected chi connectivity index (χ2v) is 11.1. The van der Waals surface area contributed by atoms with Crippen molar-refractivity contribution in [3.63, 3.8) is 0 Å². The van der Waals surface area contributed by atoms with Crippen molar-refractivity contribution in [3.8, 4) is 23.2 Å². The first kappa shape index (κ1) is 27.5. The molecule has 0 bridgehead atoms. The van der Waals surface area contributed by atoms with Crippen LogP contribution in [0, 0.1) is 23.7 Å². The normalized spacial score (nSPS) is 20.1. The zero-order valence-electron chi connectivity index (χ0n) is 23.2. The Morgan fingerprint density at radius 1 is 0.919 bits per heavy atom. The van der Waals surface area contributed by atoms with Gasteiger partial charge >= 0.3 is 0 Å². The highest BCUT2D eigenvalue weighted by molar-refractivity contribution is 5.91. The summed E-state index contributed by atoms with van der Waals surface area (Å²) in [6.07, 6.45) is 4.40. The van der Waals surface area contributed by atoms with Gasteiger partial charge in [-0.2, -0.15) is 0 Å². The fourth-order valence-electron chi connectivity index (χ4n) is 5.05. The number of hydrogen-bond acceptors (Lipinski definition) is 4. The number of benzene rings is 2. The summed E-state index contributed by atoms with van der Waals surface area (Å²) in [5.74, 6) is 8.80. The predicted molar refractivity (Wildman–Crippen MR) is 152 cm³/mol. The first-order valence-corrected chi connectivity index (χ1v) is 14.0. The molecule has 0 saturated carbocycles. The smallest absolute Gasteiger partial charge is 0.159 e. The fraction of sp³-hybridized carbons (Fsp3) is 0.515. The molecule has 198 valence electrons. The van der Waals surface area contributed by atoms with Crippen LogP contribution >= 0.6 is 0 Å². The molecule has 0 aliphatic carbocycles. The zero-order valence-corrected chi connectivity index (χ0v) is 23.2. The quantitative estimate of drug-likeness (QED) is 0.266. The van der Waals surface area contributed by atoms with Gasteiger partial charge in [-0.3, -0.25) is 4.90 Å². The summed E-state index contributed by atoms with van der Waals surface area (Å²) in [4.78, 5) is 2.66. The Bertz CT molecular complexity index is 1160. The zero-order chi connectivity index (χ0) is 26.2. The van der Waals surface area contributed by atoms with E-state index < -0.39 is 0 Å². The third-order valence-corrected chi connectivity index (χ3v) is 7.25. The lowest BCUT2D eigenvalue weighted by atomic mass is 9.98. The van der Waals surface area contributed by atoms with Gasteiger partial charge in [0.1, 0.15) is 12.2 Å². The van der Waals surface area contributed by atoms with Crippen LogP contribution in [0.3, 0.4) is 0 Å². The van der Waals surface area contributed by atoms with Gasteiger partial charge in [0.2, 0.25) is 0 Å². The van der Waals surface area contributed by atoms with E-state index in [1.807, 2.05) is 36.4 Å². The molecule has 1 aromatic heterocycles. The summed E-state index contributed by atoms with van der Waals surface area (Å²) < 4.78 is 18.6. The largest absolute Gasteiger partial charge is 0.455 e. The lowest BCUT2D eigenvalue weighted by molar-refractivity contribution is -0.202. The molecule has 3 atom stereocenters. The number of para-hydroxylation sites is 1. The van der Waals surface area contributed by atoms with Crippen LogP contribution in [0.5, 0.6) is 0 Å². The summed E-state index contributed by atoms with van der Waals surface area (Å²) in [5.41, 5.74) is 2.79. The SMILES string of the molecule is CC(C)CCN(CCC(C)C)[C@H]1CC[C@H](OCC#Cc2c(-c3ccccc3)oc3ccccc23)O[C@H]1C. The Morgan fingerprint density at radius 3 is 2.27 bits per heavy atom. The molecule has 0 radical (unpaired) electrons. The summed E-state index contributed by atoms with van der Waals surface area (Å²) >= 11 is 0. The van der Waals surface area contributed by atoms with Gasteiger partial charge < -0.3 is 13.9 Å². The molecule has 4 heteroatoms.